The van der Waals surface area contributed by atoms with Crippen molar-refractivity contribution in [3.8, 4) is 5.75 Å². The van der Waals surface area contributed by atoms with Gasteiger partial charge in [0.25, 0.3) is 11.6 Å². The molecule has 0 unspecified atom stereocenters. The van der Waals surface area contributed by atoms with Gasteiger partial charge in [-0.05, 0) is 25.0 Å². The van der Waals surface area contributed by atoms with Gasteiger partial charge >= 0.3 is 0 Å². The van der Waals surface area contributed by atoms with Crippen molar-refractivity contribution < 1.29 is 14.8 Å². The first-order valence-electron chi connectivity index (χ1n) is 5.25. The van der Waals surface area contributed by atoms with Crippen LogP contribution in [0.3, 0.4) is 0 Å². The summed E-state index contributed by atoms with van der Waals surface area (Å²) < 4.78 is 0. The molecular weight excluding hydrogens is 224 g/mol. The highest BCUT2D eigenvalue weighted by Crippen LogP contribution is 2.30. The molecule has 1 fully saturated rings. The van der Waals surface area contributed by atoms with Crippen molar-refractivity contribution in [1.82, 2.24) is 4.90 Å². The first-order chi connectivity index (χ1) is 8.00. The highest BCUT2D eigenvalue weighted by atomic mass is 16.6. The summed E-state index contributed by atoms with van der Waals surface area (Å²) in [5, 5.41) is 20.1. The summed E-state index contributed by atoms with van der Waals surface area (Å²) in [6, 6.07) is 3.65. The molecule has 0 atom stereocenters. The van der Waals surface area contributed by atoms with Crippen LogP contribution in [0.15, 0.2) is 18.2 Å². The summed E-state index contributed by atoms with van der Waals surface area (Å²) >= 11 is 0. The van der Waals surface area contributed by atoms with Gasteiger partial charge in [-0.15, -0.1) is 0 Å². The number of carbonyl (C=O) groups is 1. The lowest BCUT2D eigenvalue weighted by atomic mass is 10.1. The molecule has 1 amide bonds. The van der Waals surface area contributed by atoms with Crippen molar-refractivity contribution in [1.29, 1.82) is 0 Å². The molecular formula is C11H12N2O4. The van der Waals surface area contributed by atoms with Crippen molar-refractivity contribution >= 4 is 11.6 Å². The number of hydrogen-bond donors (Lipinski definition) is 1. The Morgan fingerprint density at radius 1 is 1.53 bits per heavy atom. The molecule has 90 valence electrons. The van der Waals surface area contributed by atoms with E-state index < -0.39 is 10.8 Å². The van der Waals surface area contributed by atoms with Gasteiger partial charge in [-0.1, -0.05) is 0 Å². The fraction of sp³-hybridized carbons (Fsp3) is 0.364. The van der Waals surface area contributed by atoms with E-state index >= 15 is 0 Å². The van der Waals surface area contributed by atoms with Crippen molar-refractivity contribution in [2.75, 3.05) is 7.05 Å². The molecule has 6 heteroatoms. The van der Waals surface area contributed by atoms with E-state index in [9.17, 15) is 20.0 Å². The summed E-state index contributed by atoms with van der Waals surface area (Å²) in [5.41, 5.74) is -0.343. The molecule has 0 aliphatic heterocycles. The zero-order chi connectivity index (χ0) is 12.6. The number of amides is 1. The Labute approximate surface area is 97.6 Å². The van der Waals surface area contributed by atoms with E-state index in [1.807, 2.05) is 0 Å². The Hall–Kier alpha value is -2.11. The summed E-state index contributed by atoms with van der Waals surface area (Å²) in [5.74, 6) is -0.571. The number of benzene rings is 1. The van der Waals surface area contributed by atoms with Crippen molar-refractivity contribution in [2.24, 2.45) is 0 Å². The fourth-order valence-corrected chi connectivity index (χ4v) is 1.67. The van der Waals surface area contributed by atoms with Crippen molar-refractivity contribution in [3.63, 3.8) is 0 Å². The van der Waals surface area contributed by atoms with E-state index in [1.54, 1.807) is 7.05 Å². The number of nitro benzene ring substituents is 1. The maximum absolute atomic E-state index is 12.0. The molecule has 17 heavy (non-hydrogen) atoms. The number of nitrogens with zero attached hydrogens (tertiary/aromatic N) is 2. The number of phenolic OH excluding ortho intramolecular Hbond substituents is 1. The minimum Gasteiger partial charge on any atom is -0.508 e. The van der Waals surface area contributed by atoms with E-state index in [0.29, 0.717) is 0 Å². The molecule has 0 heterocycles. The third-order valence-corrected chi connectivity index (χ3v) is 2.82. The zero-order valence-corrected chi connectivity index (χ0v) is 9.29. The Morgan fingerprint density at radius 2 is 2.18 bits per heavy atom. The largest absolute Gasteiger partial charge is 0.508 e. The second-order valence-electron chi connectivity index (χ2n) is 4.11. The van der Waals surface area contributed by atoms with E-state index in [2.05, 4.69) is 0 Å². The number of hydrogen-bond acceptors (Lipinski definition) is 4. The van der Waals surface area contributed by atoms with Crippen LogP contribution in [0.1, 0.15) is 23.2 Å². The lowest BCUT2D eigenvalue weighted by Crippen LogP contribution is -2.29. The normalized spacial score (nSPS) is 14.4. The van der Waals surface area contributed by atoms with Gasteiger partial charge in [-0.2, -0.15) is 0 Å². The Balaban J connectivity index is 2.38. The maximum Gasteiger partial charge on any atom is 0.282 e. The smallest absolute Gasteiger partial charge is 0.282 e. The third kappa shape index (κ3) is 2.20. The first-order valence-corrected chi connectivity index (χ1v) is 5.25. The number of rotatable bonds is 3. The van der Waals surface area contributed by atoms with Crippen molar-refractivity contribution in [3.05, 3.63) is 33.9 Å². The van der Waals surface area contributed by atoms with E-state index in [-0.39, 0.29) is 23.0 Å². The van der Waals surface area contributed by atoms with Crippen LogP contribution < -0.4 is 0 Å². The number of carbonyl (C=O) groups excluding carboxylic acids is 1. The average Bonchev–Trinajstić information content (AvgIpc) is 3.10. The van der Waals surface area contributed by atoms with Gasteiger partial charge in [0, 0.05) is 19.2 Å². The molecule has 1 aliphatic rings. The standard InChI is InChI=1S/C11H12N2O4/c1-12(7-2-3-7)11(15)9-6-8(14)4-5-10(9)13(16)17/h4-7,14H,2-3H2,1H3. The van der Waals surface area contributed by atoms with E-state index in [1.165, 1.54) is 11.0 Å². The molecule has 1 aromatic carbocycles. The van der Waals surface area contributed by atoms with Gasteiger partial charge in [0.05, 0.1) is 4.92 Å². The summed E-state index contributed by atoms with van der Waals surface area (Å²) in [7, 11) is 1.62. The molecule has 0 aromatic heterocycles. The predicted molar refractivity (Wildman–Crippen MR) is 59.9 cm³/mol. The van der Waals surface area contributed by atoms with Crippen molar-refractivity contribution in [2.45, 2.75) is 18.9 Å². The molecule has 0 spiro atoms. The number of nitro groups is 1. The van der Waals surface area contributed by atoms with Gasteiger partial charge < -0.3 is 10.0 Å². The molecule has 0 radical (unpaired) electrons. The maximum atomic E-state index is 12.0. The van der Waals surface area contributed by atoms with Crippen LogP contribution in [0, 0.1) is 10.1 Å². The van der Waals surface area contributed by atoms with Gasteiger partial charge in [0.2, 0.25) is 0 Å². The predicted octanol–water partition coefficient (Wildman–Crippen LogP) is 1.53. The van der Waals surface area contributed by atoms with E-state index in [0.717, 1.165) is 25.0 Å². The Kier molecular flexibility index (Phi) is 2.71. The average molecular weight is 236 g/mol. The topological polar surface area (TPSA) is 83.7 Å². The number of phenols is 1. The Morgan fingerprint density at radius 3 is 2.71 bits per heavy atom. The SMILES string of the molecule is CN(C(=O)c1cc(O)ccc1[N+](=O)[O-])C1CC1. The van der Waals surface area contributed by atoms with E-state index in [4.69, 9.17) is 0 Å². The minimum absolute atomic E-state index is 0.0654. The molecule has 0 bridgehead atoms. The van der Waals surface area contributed by atoms with Crippen LogP contribution in [0.25, 0.3) is 0 Å². The molecule has 2 rings (SSSR count). The molecule has 1 aliphatic carbocycles. The monoisotopic (exact) mass is 236 g/mol. The molecule has 1 N–H and O–H groups in total. The molecule has 1 aromatic rings. The van der Waals surface area contributed by atoms with Gasteiger partial charge in [0.1, 0.15) is 11.3 Å². The zero-order valence-electron chi connectivity index (χ0n) is 9.29. The second-order valence-corrected chi connectivity index (χ2v) is 4.11. The van der Waals surface area contributed by atoms with Gasteiger partial charge in [-0.3, -0.25) is 14.9 Å². The van der Waals surface area contributed by atoms with Crippen LogP contribution in [0.5, 0.6) is 5.75 Å². The summed E-state index contributed by atoms with van der Waals surface area (Å²) in [6.45, 7) is 0. The van der Waals surface area contributed by atoms with Gasteiger partial charge in [0.15, 0.2) is 0 Å². The summed E-state index contributed by atoms with van der Waals surface area (Å²) in [6.07, 6.45) is 1.85. The van der Waals surface area contributed by atoms with Crippen LogP contribution in [-0.2, 0) is 0 Å². The number of aromatic hydroxyl groups is 1. The molecule has 0 saturated heterocycles. The molecule has 6 nitrogen and oxygen atoms in total. The fourth-order valence-electron chi connectivity index (χ4n) is 1.67. The van der Waals surface area contributed by atoms with Gasteiger partial charge in [-0.25, -0.2) is 0 Å². The third-order valence-electron chi connectivity index (χ3n) is 2.82. The highest BCUT2D eigenvalue weighted by Gasteiger charge is 2.33. The molecule has 1 saturated carbocycles. The van der Waals surface area contributed by atoms with Crippen LogP contribution in [0.4, 0.5) is 5.69 Å². The minimum atomic E-state index is -0.618. The quantitative estimate of drug-likeness (QED) is 0.637. The first kappa shape index (κ1) is 11.4. The second kappa shape index (κ2) is 4.04. The van der Waals surface area contributed by atoms with Crippen LogP contribution in [-0.4, -0.2) is 33.9 Å². The summed E-state index contributed by atoms with van der Waals surface area (Å²) in [4.78, 5) is 23.7. The van der Waals surface area contributed by atoms with Crippen LogP contribution in [0.2, 0.25) is 0 Å². The highest BCUT2D eigenvalue weighted by molar-refractivity contribution is 5.98. The lowest BCUT2D eigenvalue weighted by molar-refractivity contribution is -0.385. The Bertz CT molecular complexity index is 482. The van der Waals surface area contributed by atoms with Crippen LogP contribution >= 0.6 is 0 Å². The lowest BCUT2D eigenvalue weighted by Gasteiger charge is -2.16.